The van der Waals surface area contributed by atoms with Gasteiger partial charge in [-0.25, -0.2) is 4.79 Å². The van der Waals surface area contributed by atoms with E-state index in [0.717, 1.165) is 0 Å². The summed E-state index contributed by atoms with van der Waals surface area (Å²) in [5.41, 5.74) is -0.894. The van der Waals surface area contributed by atoms with Crippen LogP contribution in [0.1, 0.15) is 27.7 Å². The van der Waals surface area contributed by atoms with Crippen LogP contribution >= 0.6 is 0 Å². The van der Waals surface area contributed by atoms with Crippen molar-refractivity contribution in [2.75, 3.05) is 7.11 Å². The molecule has 1 rings (SSSR count). The van der Waals surface area contributed by atoms with Crippen LogP contribution in [0.3, 0.4) is 0 Å². The van der Waals surface area contributed by atoms with Gasteiger partial charge in [0, 0.05) is 5.92 Å². The smallest absolute Gasteiger partial charge is 0.437 e. The van der Waals surface area contributed by atoms with Crippen molar-refractivity contribution in [1.82, 2.24) is 0 Å². The highest BCUT2D eigenvalue weighted by atomic mass is 16.7. The van der Waals surface area contributed by atoms with Crippen LogP contribution in [-0.4, -0.2) is 30.8 Å². The molecule has 5 nitrogen and oxygen atoms in total. The molecule has 0 radical (unpaired) electrons. The molecule has 1 aliphatic heterocycles. The van der Waals surface area contributed by atoms with Crippen LogP contribution in [0.4, 0.5) is 4.79 Å². The highest BCUT2D eigenvalue weighted by Crippen LogP contribution is 2.37. The van der Waals surface area contributed by atoms with Gasteiger partial charge in [0.15, 0.2) is 0 Å². The van der Waals surface area contributed by atoms with Gasteiger partial charge in [0.1, 0.15) is 6.11 Å². The van der Waals surface area contributed by atoms with Gasteiger partial charge in [-0.3, -0.25) is 0 Å². The molecule has 0 unspecified atom stereocenters. The van der Waals surface area contributed by atoms with Crippen molar-refractivity contribution in [3.8, 4) is 12.0 Å². The van der Waals surface area contributed by atoms with Gasteiger partial charge in [0.25, 0.3) is 0 Å². The predicted molar refractivity (Wildman–Crippen MR) is 55.4 cm³/mol. The summed E-state index contributed by atoms with van der Waals surface area (Å²) in [6.07, 6.45) is 0.622. The van der Waals surface area contributed by atoms with Crippen molar-refractivity contribution >= 4 is 6.16 Å². The first-order chi connectivity index (χ1) is 7.28. The monoisotopic (exact) mass is 228 g/mol. The van der Waals surface area contributed by atoms with E-state index < -0.39 is 23.6 Å². The number of rotatable bonds is 0. The molecule has 0 bridgehead atoms. The third kappa shape index (κ3) is 2.65. The van der Waals surface area contributed by atoms with Crippen LogP contribution in [-0.2, 0) is 18.9 Å². The quantitative estimate of drug-likeness (QED) is 0.466. The van der Waals surface area contributed by atoms with Crippen molar-refractivity contribution in [3.05, 3.63) is 0 Å². The standard InChI is InChI=1S/C11H16O5/c1-10(2)11(3,4)16-8(15-10)6-7-14-9(12)13-5/h8H,1-5H3. The number of carbonyl (C=O) groups is 1. The number of hydrogen-bond donors (Lipinski definition) is 0. The van der Waals surface area contributed by atoms with Crippen molar-refractivity contribution < 1.29 is 23.7 Å². The third-order valence-corrected chi connectivity index (χ3v) is 2.73. The van der Waals surface area contributed by atoms with E-state index in [-0.39, 0.29) is 0 Å². The van der Waals surface area contributed by atoms with E-state index in [0.29, 0.717) is 0 Å². The predicted octanol–water partition coefficient (Wildman–Crippen LogP) is 1.66. The molecule has 1 fully saturated rings. The summed E-state index contributed by atoms with van der Waals surface area (Å²) in [5, 5.41) is 0. The van der Waals surface area contributed by atoms with Crippen molar-refractivity contribution in [3.63, 3.8) is 0 Å². The normalized spacial score (nSPS) is 22.1. The molecule has 0 saturated carbocycles. The lowest BCUT2D eigenvalue weighted by Gasteiger charge is -2.30. The number of hydrogen-bond acceptors (Lipinski definition) is 5. The number of methoxy groups -OCH3 is 1. The zero-order chi connectivity index (χ0) is 12.4. The van der Waals surface area contributed by atoms with Crippen molar-refractivity contribution in [2.45, 2.75) is 45.2 Å². The molecule has 0 aromatic rings. The number of carbonyl (C=O) groups excluding carboxylic acids is 1. The second-order valence-corrected chi connectivity index (χ2v) is 4.39. The summed E-state index contributed by atoms with van der Waals surface area (Å²) in [5.74, 6) is 2.54. The zero-order valence-electron chi connectivity index (χ0n) is 10.1. The Labute approximate surface area is 95.0 Å². The molecule has 0 aromatic carbocycles. The maximum absolute atomic E-state index is 10.6. The average Bonchev–Trinajstić information content (AvgIpc) is 2.35. The highest BCUT2D eigenvalue weighted by Gasteiger charge is 2.48. The molecule has 0 N–H and O–H groups in total. The van der Waals surface area contributed by atoms with Gasteiger partial charge in [-0.15, -0.1) is 0 Å². The molecule has 1 saturated heterocycles. The SMILES string of the molecule is COC(=O)OC#CC1OC(C)(C)C(C)(C)O1. The van der Waals surface area contributed by atoms with Gasteiger partial charge in [-0.05, 0) is 27.7 Å². The lowest BCUT2D eigenvalue weighted by atomic mass is 9.90. The lowest BCUT2D eigenvalue weighted by Crippen LogP contribution is -2.41. The van der Waals surface area contributed by atoms with Gasteiger partial charge in [-0.1, -0.05) is 0 Å². The van der Waals surface area contributed by atoms with E-state index in [1.54, 1.807) is 0 Å². The Bertz CT molecular complexity index is 318. The van der Waals surface area contributed by atoms with E-state index in [2.05, 4.69) is 21.5 Å². The molecule has 1 aliphatic rings. The van der Waals surface area contributed by atoms with Crippen molar-refractivity contribution in [2.24, 2.45) is 0 Å². The van der Waals surface area contributed by atoms with Crippen LogP contribution in [0.25, 0.3) is 0 Å². The second-order valence-electron chi connectivity index (χ2n) is 4.39. The first-order valence-electron chi connectivity index (χ1n) is 4.89. The molecule has 0 spiro atoms. The van der Waals surface area contributed by atoms with Crippen LogP contribution in [0.5, 0.6) is 0 Å². The van der Waals surface area contributed by atoms with E-state index in [4.69, 9.17) is 9.47 Å². The maximum atomic E-state index is 10.6. The number of ether oxygens (including phenoxy) is 4. The fraction of sp³-hybridized carbons (Fsp3) is 0.727. The average molecular weight is 228 g/mol. The Balaban J connectivity index is 2.57. The minimum absolute atomic E-state index is 0.447. The zero-order valence-corrected chi connectivity index (χ0v) is 10.1. The van der Waals surface area contributed by atoms with Gasteiger partial charge >= 0.3 is 6.16 Å². The summed E-state index contributed by atoms with van der Waals surface area (Å²) >= 11 is 0. The molecular weight excluding hydrogens is 212 g/mol. The van der Waals surface area contributed by atoms with E-state index in [1.165, 1.54) is 7.11 Å². The van der Waals surface area contributed by atoms with Gasteiger partial charge in [0.2, 0.25) is 6.29 Å². The van der Waals surface area contributed by atoms with Gasteiger partial charge in [0.05, 0.1) is 18.3 Å². The van der Waals surface area contributed by atoms with Crippen molar-refractivity contribution in [1.29, 1.82) is 0 Å². The Morgan fingerprint density at radius 1 is 1.19 bits per heavy atom. The third-order valence-electron chi connectivity index (χ3n) is 2.73. The fourth-order valence-corrected chi connectivity index (χ4v) is 1.06. The largest absolute Gasteiger partial charge is 0.522 e. The Morgan fingerprint density at radius 3 is 2.12 bits per heavy atom. The molecule has 0 amide bonds. The molecule has 0 aliphatic carbocycles. The van der Waals surface area contributed by atoms with Crippen LogP contribution in [0, 0.1) is 12.0 Å². The Kier molecular flexibility index (Phi) is 3.46. The van der Waals surface area contributed by atoms with Crippen LogP contribution < -0.4 is 0 Å². The second kappa shape index (κ2) is 4.32. The van der Waals surface area contributed by atoms with E-state index in [1.807, 2.05) is 27.7 Å². The minimum atomic E-state index is -0.857. The molecular formula is C11H16O5. The first kappa shape index (κ1) is 12.8. The molecule has 1 heterocycles. The van der Waals surface area contributed by atoms with Crippen LogP contribution in [0.2, 0.25) is 0 Å². The molecule has 0 aromatic heterocycles. The first-order valence-corrected chi connectivity index (χ1v) is 4.89. The minimum Gasteiger partial charge on any atom is -0.437 e. The highest BCUT2D eigenvalue weighted by molar-refractivity contribution is 5.61. The van der Waals surface area contributed by atoms with Crippen LogP contribution in [0.15, 0.2) is 0 Å². The lowest BCUT2D eigenvalue weighted by molar-refractivity contribution is -0.0438. The molecule has 0 atom stereocenters. The molecule has 5 heteroatoms. The topological polar surface area (TPSA) is 54.0 Å². The summed E-state index contributed by atoms with van der Waals surface area (Å²) in [6, 6.07) is 0. The van der Waals surface area contributed by atoms with E-state index >= 15 is 0 Å². The maximum Gasteiger partial charge on any atom is 0.522 e. The Hall–Kier alpha value is -1.25. The van der Waals surface area contributed by atoms with Gasteiger partial charge < -0.3 is 18.9 Å². The summed E-state index contributed by atoms with van der Waals surface area (Å²) < 4.78 is 19.8. The Morgan fingerprint density at radius 2 is 1.69 bits per heavy atom. The van der Waals surface area contributed by atoms with Gasteiger partial charge in [-0.2, -0.15) is 0 Å². The van der Waals surface area contributed by atoms with E-state index in [9.17, 15) is 4.79 Å². The molecule has 90 valence electrons. The fourth-order valence-electron chi connectivity index (χ4n) is 1.06. The summed E-state index contributed by atoms with van der Waals surface area (Å²) in [6.45, 7) is 7.65. The molecule has 16 heavy (non-hydrogen) atoms. The summed E-state index contributed by atoms with van der Waals surface area (Å²) in [7, 11) is 1.21. The summed E-state index contributed by atoms with van der Waals surface area (Å²) in [4.78, 5) is 10.6.